The topological polar surface area (TPSA) is 78.4 Å². The van der Waals surface area contributed by atoms with Crippen molar-refractivity contribution in [2.24, 2.45) is 0 Å². The second-order valence-electron chi connectivity index (χ2n) is 5.34. The molecule has 5 nitrogen and oxygen atoms in total. The third-order valence-corrected chi connectivity index (χ3v) is 3.67. The average molecular weight is 276 g/mol. The van der Waals surface area contributed by atoms with Crippen LogP contribution in [0.25, 0.3) is 0 Å². The number of hydrogen-bond donors (Lipinski definition) is 3. The number of carboxylic acid groups (broad SMARTS) is 1. The number of amides is 2. The van der Waals surface area contributed by atoms with Gasteiger partial charge in [-0.1, -0.05) is 17.7 Å². The van der Waals surface area contributed by atoms with Gasteiger partial charge in [0, 0.05) is 17.6 Å². The van der Waals surface area contributed by atoms with Crippen molar-refractivity contribution >= 4 is 12.0 Å². The van der Waals surface area contributed by atoms with Crippen LogP contribution in [0.4, 0.5) is 4.79 Å². The molecular formula is C15H20N2O3. The summed E-state index contributed by atoms with van der Waals surface area (Å²) in [6, 6.07) is 7.65. The van der Waals surface area contributed by atoms with Gasteiger partial charge >= 0.3 is 6.09 Å². The number of carbonyl (C=O) groups is 2. The van der Waals surface area contributed by atoms with E-state index in [1.165, 1.54) is 0 Å². The third-order valence-electron chi connectivity index (χ3n) is 3.67. The molecule has 3 N–H and O–H groups in total. The lowest BCUT2D eigenvalue weighted by Crippen LogP contribution is -2.43. The van der Waals surface area contributed by atoms with Crippen LogP contribution in [0.5, 0.6) is 0 Å². The molecule has 2 amide bonds. The minimum atomic E-state index is -0.975. The molecule has 0 aromatic heterocycles. The molecular weight excluding hydrogens is 256 g/mol. The Balaban J connectivity index is 1.83. The van der Waals surface area contributed by atoms with Crippen molar-refractivity contribution in [2.75, 3.05) is 0 Å². The molecule has 0 unspecified atom stereocenters. The zero-order valence-corrected chi connectivity index (χ0v) is 11.6. The Labute approximate surface area is 118 Å². The van der Waals surface area contributed by atoms with Gasteiger partial charge in [0.05, 0.1) is 0 Å². The lowest BCUT2D eigenvalue weighted by Gasteiger charge is -2.28. The Morgan fingerprint density at radius 3 is 2.25 bits per heavy atom. The molecule has 1 aromatic carbocycles. The molecule has 1 saturated carbocycles. The van der Waals surface area contributed by atoms with E-state index in [4.69, 9.17) is 5.11 Å². The van der Waals surface area contributed by atoms with Gasteiger partial charge in [-0.3, -0.25) is 4.79 Å². The predicted octanol–water partition coefficient (Wildman–Crippen LogP) is 2.30. The summed E-state index contributed by atoms with van der Waals surface area (Å²) in [6.07, 6.45) is 2.18. The van der Waals surface area contributed by atoms with Crippen molar-refractivity contribution < 1.29 is 14.7 Å². The number of hydrogen-bond acceptors (Lipinski definition) is 2. The summed E-state index contributed by atoms with van der Waals surface area (Å²) in [6.45, 7) is 1.96. The van der Waals surface area contributed by atoms with Gasteiger partial charge in [-0.25, -0.2) is 4.79 Å². The number of carbonyl (C=O) groups excluding carboxylic acids is 1. The van der Waals surface area contributed by atoms with Crippen molar-refractivity contribution in [1.82, 2.24) is 10.6 Å². The summed E-state index contributed by atoms with van der Waals surface area (Å²) in [5.74, 6) is -0.0525. The molecule has 0 bridgehead atoms. The molecule has 108 valence electrons. The Bertz CT molecular complexity index is 494. The van der Waals surface area contributed by atoms with E-state index in [0.717, 1.165) is 31.2 Å². The van der Waals surface area contributed by atoms with Gasteiger partial charge in [-0.05, 0) is 44.7 Å². The predicted molar refractivity (Wildman–Crippen MR) is 75.8 cm³/mol. The van der Waals surface area contributed by atoms with Gasteiger partial charge < -0.3 is 15.7 Å². The summed E-state index contributed by atoms with van der Waals surface area (Å²) in [5, 5.41) is 14.2. The average Bonchev–Trinajstić information content (AvgIpc) is 2.40. The number of benzene rings is 1. The van der Waals surface area contributed by atoms with E-state index in [-0.39, 0.29) is 18.0 Å². The van der Waals surface area contributed by atoms with E-state index in [2.05, 4.69) is 10.6 Å². The SMILES string of the molecule is Cc1cccc(C(=O)NC2CCC(NC(=O)O)CC2)c1. The molecule has 0 aliphatic heterocycles. The van der Waals surface area contributed by atoms with E-state index in [1.807, 2.05) is 25.1 Å². The number of nitrogens with one attached hydrogen (secondary N) is 2. The summed E-state index contributed by atoms with van der Waals surface area (Å²) in [4.78, 5) is 22.7. The normalized spacial score (nSPS) is 22.1. The fourth-order valence-electron chi connectivity index (χ4n) is 2.61. The van der Waals surface area contributed by atoms with Crippen LogP contribution >= 0.6 is 0 Å². The standard InChI is InChI=1S/C15H20N2O3/c1-10-3-2-4-11(9-10)14(18)16-12-5-7-13(8-6-12)17-15(19)20/h2-4,9,12-13,17H,5-8H2,1H3,(H,16,18)(H,19,20). The van der Waals surface area contributed by atoms with Crippen LogP contribution in [-0.2, 0) is 0 Å². The molecule has 0 saturated heterocycles. The molecule has 0 spiro atoms. The van der Waals surface area contributed by atoms with Crippen LogP contribution < -0.4 is 10.6 Å². The Morgan fingerprint density at radius 1 is 1.10 bits per heavy atom. The lowest BCUT2D eigenvalue weighted by molar-refractivity contribution is 0.0923. The maximum absolute atomic E-state index is 12.1. The van der Waals surface area contributed by atoms with Crippen LogP contribution in [0, 0.1) is 6.92 Å². The molecule has 0 atom stereocenters. The van der Waals surface area contributed by atoms with Crippen molar-refractivity contribution in [3.63, 3.8) is 0 Å². The minimum absolute atomic E-state index is 0.0135. The highest BCUT2D eigenvalue weighted by atomic mass is 16.4. The second-order valence-corrected chi connectivity index (χ2v) is 5.34. The maximum Gasteiger partial charge on any atom is 0.404 e. The first-order valence-corrected chi connectivity index (χ1v) is 6.91. The van der Waals surface area contributed by atoms with E-state index in [1.54, 1.807) is 6.07 Å². The first-order chi connectivity index (χ1) is 9.54. The zero-order valence-electron chi connectivity index (χ0n) is 11.6. The molecule has 0 radical (unpaired) electrons. The van der Waals surface area contributed by atoms with Crippen LogP contribution in [0.3, 0.4) is 0 Å². The summed E-state index contributed by atoms with van der Waals surface area (Å²) >= 11 is 0. The minimum Gasteiger partial charge on any atom is -0.465 e. The van der Waals surface area contributed by atoms with E-state index < -0.39 is 6.09 Å². The quantitative estimate of drug-likeness (QED) is 0.792. The Kier molecular flexibility index (Phi) is 4.61. The monoisotopic (exact) mass is 276 g/mol. The second kappa shape index (κ2) is 6.41. The molecule has 1 aromatic rings. The molecule has 0 heterocycles. The van der Waals surface area contributed by atoms with Crippen molar-refractivity contribution in [2.45, 2.75) is 44.7 Å². The molecule has 1 aliphatic rings. The van der Waals surface area contributed by atoms with E-state index in [0.29, 0.717) is 5.56 Å². The number of aryl methyl sites for hydroxylation is 1. The number of rotatable bonds is 3. The molecule has 1 fully saturated rings. The Hall–Kier alpha value is -2.04. The van der Waals surface area contributed by atoms with Crippen molar-refractivity contribution in [1.29, 1.82) is 0 Å². The van der Waals surface area contributed by atoms with E-state index in [9.17, 15) is 9.59 Å². The van der Waals surface area contributed by atoms with Crippen LogP contribution in [-0.4, -0.2) is 29.2 Å². The van der Waals surface area contributed by atoms with E-state index >= 15 is 0 Å². The van der Waals surface area contributed by atoms with Gasteiger partial charge in [-0.2, -0.15) is 0 Å². The van der Waals surface area contributed by atoms with Gasteiger partial charge in [-0.15, -0.1) is 0 Å². The molecule has 2 rings (SSSR count). The van der Waals surface area contributed by atoms with Gasteiger partial charge in [0.25, 0.3) is 5.91 Å². The van der Waals surface area contributed by atoms with Crippen molar-refractivity contribution in [3.05, 3.63) is 35.4 Å². The van der Waals surface area contributed by atoms with Gasteiger partial charge in [0.15, 0.2) is 0 Å². The smallest absolute Gasteiger partial charge is 0.404 e. The molecule has 20 heavy (non-hydrogen) atoms. The third kappa shape index (κ3) is 3.98. The zero-order chi connectivity index (χ0) is 14.5. The molecule has 5 heteroatoms. The highest BCUT2D eigenvalue weighted by Crippen LogP contribution is 2.19. The first-order valence-electron chi connectivity index (χ1n) is 6.91. The Morgan fingerprint density at radius 2 is 1.70 bits per heavy atom. The highest BCUT2D eigenvalue weighted by Gasteiger charge is 2.23. The van der Waals surface area contributed by atoms with Gasteiger partial charge in [0.2, 0.25) is 0 Å². The largest absolute Gasteiger partial charge is 0.465 e. The van der Waals surface area contributed by atoms with Crippen LogP contribution in [0.15, 0.2) is 24.3 Å². The van der Waals surface area contributed by atoms with Crippen molar-refractivity contribution in [3.8, 4) is 0 Å². The molecule has 1 aliphatic carbocycles. The van der Waals surface area contributed by atoms with Gasteiger partial charge in [0.1, 0.15) is 0 Å². The fraction of sp³-hybridized carbons (Fsp3) is 0.467. The summed E-state index contributed by atoms with van der Waals surface area (Å²) in [5.41, 5.74) is 1.74. The van der Waals surface area contributed by atoms with Crippen LogP contribution in [0.2, 0.25) is 0 Å². The summed E-state index contributed by atoms with van der Waals surface area (Å²) in [7, 11) is 0. The first kappa shape index (κ1) is 14.4. The maximum atomic E-state index is 12.1. The fourth-order valence-corrected chi connectivity index (χ4v) is 2.61. The highest BCUT2D eigenvalue weighted by molar-refractivity contribution is 5.94. The van der Waals surface area contributed by atoms with Crippen LogP contribution in [0.1, 0.15) is 41.6 Å². The lowest BCUT2D eigenvalue weighted by atomic mass is 9.91. The summed E-state index contributed by atoms with van der Waals surface area (Å²) < 4.78 is 0.